The van der Waals surface area contributed by atoms with Crippen molar-refractivity contribution in [3.05, 3.63) is 23.3 Å². The van der Waals surface area contributed by atoms with Gasteiger partial charge in [0.25, 0.3) is 0 Å². The lowest BCUT2D eigenvalue weighted by Crippen LogP contribution is -2.10. The van der Waals surface area contributed by atoms with Gasteiger partial charge in [-0.2, -0.15) is 0 Å². The quantitative estimate of drug-likeness (QED) is 0.365. The minimum atomic E-state index is -0.180. The van der Waals surface area contributed by atoms with Gasteiger partial charge >= 0.3 is 0 Å². The van der Waals surface area contributed by atoms with Gasteiger partial charge in [0.2, 0.25) is 0 Å². The maximum Gasteiger partial charge on any atom is 0.123 e. The average molecular weight is 166 g/mol. The van der Waals surface area contributed by atoms with E-state index in [1.54, 1.807) is 6.92 Å². The molecule has 4 heteroatoms. The molecule has 0 spiro atoms. The Morgan fingerprint density at radius 1 is 1.33 bits per heavy atom. The van der Waals surface area contributed by atoms with Crippen LogP contribution in [0.3, 0.4) is 0 Å². The van der Waals surface area contributed by atoms with Gasteiger partial charge in [-0.3, -0.25) is 5.41 Å². The number of amidine groups is 1. The second-order valence-corrected chi connectivity index (χ2v) is 2.55. The van der Waals surface area contributed by atoms with Crippen molar-refractivity contribution in [2.45, 2.75) is 6.92 Å². The van der Waals surface area contributed by atoms with Gasteiger partial charge in [0, 0.05) is 11.1 Å². The molecule has 64 valence electrons. The predicted molar refractivity (Wildman–Crippen MR) is 45.5 cm³/mol. The second-order valence-electron chi connectivity index (χ2n) is 2.55. The summed E-state index contributed by atoms with van der Waals surface area (Å²) in [4.78, 5) is 0. The molecule has 0 amide bonds. The summed E-state index contributed by atoms with van der Waals surface area (Å²) in [7, 11) is 0. The van der Waals surface area contributed by atoms with Gasteiger partial charge < -0.3 is 15.9 Å². The Labute approximate surface area is 69.8 Å². The van der Waals surface area contributed by atoms with Crippen LogP contribution in [0.4, 0.5) is 0 Å². The molecule has 0 radical (unpaired) electrons. The van der Waals surface area contributed by atoms with Crippen molar-refractivity contribution >= 4 is 5.84 Å². The molecule has 0 atom stereocenters. The zero-order chi connectivity index (χ0) is 9.30. The molecule has 12 heavy (non-hydrogen) atoms. The Balaban J connectivity index is 3.31. The number of phenolic OH excluding ortho intramolecular Hbond substituents is 2. The van der Waals surface area contributed by atoms with E-state index in [-0.39, 0.29) is 17.3 Å². The van der Waals surface area contributed by atoms with Crippen LogP contribution in [0.5, 0.6) is 11.5 Å². The molecule has 0 aliphatic heterocycles. The highest BCUT2D eigenvalue weighted by Crippen LogP contribution is 2.26. The molecule has 0 aliphatic rings. The smallest absolute Gasteiger partial charge is 0.123 e. The van der Waals surface area contributed by atoms with Gasteiger partial charge in [0.1, 0.15) is 17.3 Å². The summed E-state index contributed by atoms with van der Waals surface area (Å²) >= 11 is 0. The maximum absolute atomic E-state index is 9.22. The number of nitrogens with one attached hydrogen (secondary N) is 1. The van der Waals surface area contributed by atoms with Crippen LogP contribution in [0, 0.1) is 12.3 Å². The lowest BCUT2D eigenvalue weighted by molar-refractivity contribution is 0.443. The van der Waals surface area contributed by atoms with Crippen LogP contribution < -0.4 is 5.73 Å². The Morgan fingerprint density at radius 2 is 1.75 bits per heavy atom. The molecule has 0 bridgehead atoms. The molecule has 0 aromatic heterocycles. The number of aromatic hydroxyl groups is 2. The molecule has 0 saturated carbocycles. The molecule has 0 saturated heterocycles. The van der Waals surface area contributed by atoms with Crippen molar-refractivity contribution in [3.8, 4) is 11.5 Å². The van der Waals surface area contributed by atoms with Gasteiger partial charge in [-0.1, -0.05) is 0 Å². The number of nitrogen functional groups attached to an aromatic ring is 1. The van der Waals surface area contributed by atoms with E-state index in [9.17, 15) is 10.2 Å². The van der Waals surface area contributed by atoms with E-state index in [4.69, 9.17) is 11.1 Å². The number of rotatable bonds is 1. The minimum absolute atomic E-state index is 0.0554. The van der Waals surface area contributed by atoms with Crippen molar-refractivity contribution in [3.63, 3.8) is 0 Å². The Morgan fingerprint density at radius 3 is 2.08 bits per heavy atom. The number of hydrogen-bond donors (Lipinski definition) is 4. The summed E-state index contributed by atoms with van der Waals surface area (Å²) in [6, 6.07) is 2.69. The highest BCUT2D eigenvalue weighted by atomic mass is 16.3. The molecule has 5 N–H and O–H groups in total. The number of nitrogens with two attached hydrogens (primary N) is 1. The summed E-state index contributed by atoms with van der Waals surface area (Å²) in [5.74, 6) is -0.291. The first kappa shape index (κ1) is 8.39. The summed E-state index contributed by atoms with van der Waals surface area (Å²) in [5, 5.41) is 25.5. The predicted octanol–water partition coefficient (Wildman–Crippen LogP) is 0.690. The van der Waals surface area contributed by atoms with E-state index >= 15 is 0 Å². The first-order chi connectivity index (χ1) is 5.52. The van der Waals surface area contributed by atoms with Crippen LogP contribution in [0.1, 0.15) is 11.1 Å². The van der Waals surface area contributed by atoms with Crippen LogP contribution in [0.2, 0.25) is 0 Å². The van der Waals surface area contributed by atoms with Gasteiger partial charge in [0.15, 0.2) is 0 Å². The second kappa shape index (κ2) is 2.73. The molecule has 0 heterocycles. The molecule has 4 nitrogen and oxygen atoms in total. The molecule has 0 unspecified atom stereocenters. The fourth-order valence-corrected chi connectivity index (χ4v) is 0.839. The fraction of sp³-hybridized carbons (Fsp3) is 0.125. The molecule has 0 aliphatic carbocycles. The van der Waals surface area contributed by atoms with E-state index in [2.05, 4.69) is 0 Å². The van der Waals surface area contributed by atoms with E-state index in [1.165, 1.54) is 12.1 Å². The van der Waals surface area contributed by atoms with Crippen molar-refractivity contribution < 1.29 is 10.2 Å². The third-order valence-electron chi connectivity index (χ3n) is 1.66. The topological polar surface area (TPSA) is 90.3 Å². The summed E-state index contributed by atoms with van der Waals surface area (Å²) in [6.07, 6.45) is 0. The Hall–Kier alpha value is -1.71. The van der Waals surface area contributed by atoms with E-state index in [0.29, 0.717) is 11.1 Å². The molecule has 1 aromatic rings. The average Bonchev–Trinajstić information content (AvgIpc) is 1.99. The number of hydrogen-bond acceptors (Lipinski definition) is 3. The third kappa shape index (κ3) is 1.32. The lowest BCUT2D eigenvalue weighted by atomic mass is 10.1. The van der Waals surface area contributed by atoms with Crippen molar-refractivity contribution in [2.75, 3.05) is 0 Å². The Kier molecular flexibility index (Phi) is 1.91. The van der Waals surface area contributed by atoms with Crippen LogP contribution in [-0.4, -0.2) is 16.0 Å². The van der Waals surface area contributed by atoms with Crippen LogP contribution in [-0.2, 0) is 0 Å². The van der Waals surface area contributed by atoms with E-state index in [0.717, 1.165) is 0 Å². The third-order valence-corrected chi connectivity index (χ3v) is 1.66. The van der Waals surface area contributed by atoms with Crippen molar-refractivity contribution in [1.29, 1.82) is 5.41 Å². The van der Waals surface area contributed by atoms with Crippen molar-refractivity contribution in [1.82, 2.24) is 0 Å². The van der Waals surface area contributed by atoms with E-state index in [1.807, 2.05) is 0 Å². The zero-order valence-corrected chi connectivity index (χ0v) is 6.63. The standard InChI is InChI=1S/C8H10N2O2/c1-4-6(11)2-5(8(9)10)3-7(4)12/h2-3,11-12H,1H3,(H3,9,10). The minimum Gasteiger partial charge on any atom is -0.508 e. The Bertz CT molecular complexity index is 311. The summed E-state index contributed by atoms with van der Waals surface area (Å²) in [5.41, 5.74) is 5.87. The summed E-state index contributed by atoms with van der Waals surface area (Å²) < 4.78 is 0. The molecule has 0 fully saturated rings. The number of phenols is 2. The lowest BCUT2D eigenvalue weighted by Gasteiger charge is -2.04. The van der Waals surface area contributed by atoms with Crippen LogP contribution >= 0.6 is 0 Å². The fourth-order valence-electron chi connectivity index (χ4n) is 0.839. The number of benzene rings is 1. The first-order valence-electron chi connectivity index (χ1n) is 3.39. The summed E-state index contributed by atoms with van der Waals surface area (Å²) in [6.45, 7) is 1.58. The SMILES string of the molecule is Cc1c(O)cc(C(=N)N)cc1O. The largest absolute Gasteiger partial charge is 0.508 e. The molecule has 1 rings (SSSR count). The van der Waals surface area contributed by atoms with E-state index < -0.39 is 0 Å². The molecular formula is C8H10N2O2. The molecular weight excluding hydrogens is 156 g/mol. The maximum atomic E-state index is 9.22. The van der Waals surface area contributed by atoms with Gasteiger partial charge in [-0.25, -0.2) is 0 Å². The molecule has 1 aromatic carbocycles. The monoisotopic (exact) mass is 166 g/mol. The van der Waals surface area contributed by atoms with Crippen LogP contribution in [0.25, 0.3) is 0 Å². The normalized spacial score (nSPS) is 9.75. The highest BCUT2D eigenvalue weighted by molar-refractivity contribution is 5.95. The van der Waals surface area contributed by atoms with Gasteiger partial charge in [0.05, 0.1) is 0 Å². The van der Waals surface area contributed by atoms with Crippen molar-refractivity contribution in [2.24, 2.45) is 5.73 Å². The first-order valence-corrected chi connectivity index (χ1v) is 3.39. The van der Waals surface area contributed by atoms with Crippen LogP contribution in [0.15, 0.2) is 12.1 Å². The van der Waals surface area contributed by atoms with Gasteiger partial charge in [-0.15, -0.1) is 0 Å². The van der Waals surface area contributed by atoms with Gasteiger partial charge in [-0.05, 0) is 19.1 Å². The highest BCUT2D eigenvalue weighted by Gasteiger charge is 2.06. The zero-order valence-electron chi connectivity index (χ0n) is 6.63.